The molecule has 0 unspecified atom stereocenters. The minimum atomic E-state index is -0.0150. The van der Waals surface area contributed by atoms with Gasteiger partial charge in [-0.05, 0) is 79.2 Å². The standard InChI is InChI=1S/C36H40N2.2ClH/c1-36(2,3)24-12-14-29(26-38(5)28-33-21-11-19-31-17-7-9-23-35(31)33)15-13-25-37(4)27-32-20-10-18-30-16-6-8-22-34(30)32;;/h6-11,13-23H,25-28H2,1-5H3;2*1H/b15-13+,29-14+;;. The van der Waals surface area contributed by atoms with Gasteiger partial charge >= 0.3 is 0 Å². The second-order valence-corrected chi connectivity index (χ2v) is 11.3. The van der Waals surface area contributed by atoms with Crippen LogP contribution < -0.4 is 0 Å². The summed E-state index contributed by atoms with van der Waals surface area (Å²) in [5.74, 6) is 6.68. The summed E-state index contributed by atoms with van der Waals surface area (Å²) in [5, 5.41) is 5.24. The fourth-order valence-electron chi connectivity index (χ4n) is 4.75. The van der Waals surface area contributed by atoms with Crippen LogP contribution in [0.1, 0.15) is 31.9 Å². The SMILES string of the molecule is CN(C/C=C/C(=C\C#CC(C)(C)C)CN(C)Cc1cccc2ccccc12)Cc1cccc2ccccc12.Cl.Cl. The first kappa shape index (κ1) is 33.1. The van der Waals surface area contributed by atoms with E-state index in [-0.39, 0.29) is 30.2 Å². The maximum Gasteiger partial charge on any atom is 0.0240 e. The van der Waals surface area contributed by atoms with Gasteiger partial charge in [0.05, 0.1) is 0 Å². The van der Waals surface area contributed by atoms with Crippen LogP contribution in [-0.2, 0) is 13.1 Å². The largest absolute Gasteiger partial charge is 0.298 e. The van der Waals surface area contributed by atoms with E-state index >= 15 is 0 Å². The van der Waals surface area contributed by atoms with Crippen molar-refractivity contribution in [2.75, 3.05) is 27.2 Å². The van der Waals surface area contributed by atoms with Crippen molar-refractivity contribution in [2.45, 2.75) is 33.9 Å². The molecule has 0 saturated heterocycles. The maximum atomic E-state index is 3.36. The highest BCUT2D eigenvalue weighted by Gasteiger charge is 2.07. The maximum absolute atomic E-state index is 3.36. The molecule has 0 radical (unpaired) electrons. The summed E-state index contributed by atoms with van der Waals surface area (Å²) in [5.41, 5.74) is 3.92. The zero-order valence-corrected chi connectivity index (χ0v) is 26.0. The van der Waals surface area contributed by atoms with Crippen molar-refractivity contribution in [1.29, 1.82) is 0 Å². The molecule has 210 valence electrons. The van der Waals surface area contributed by atoms with Gasteiger partial charge < -0.3 is 0 Å². The number of fused-ring (bicyclic) bond motifs is 2. The van der Waals surface area contributed by atoms with Crippen LogP contribution in [0.25, 0.3) is 21.5 Å². The lowest BCUT2D eigenvalue weighted by atomic mass is 9.98. The Balaban J connectivity index is 0.00000280. The van der Waals surface area contributed by atoms with Gasteiger partial charge in [0.2, 0.25) is 0 Å². The van der Waals surface area contributed by atoms with Gasteiger partial charge in [-0.2, -0.15) is 0 Å². The second kappa shape index (κ2) is 15.7. The third-order valence-electron chi connectivity index (χ3n) is 6.55. The van der Waals surface area contributed by atoms with Crippen LogP contribution in [0.5, 0.6) is 0 Å². The lowest BCUT2D eigenvalue weighted by molar-refractivity contribution is 0.357. The van der Waals surface area contributed by atoms with Crippen molar-refractivity contribution in [3.63, 3.8) is 0 Å². The third-order valence-corrected chi connectivity index (χ3v) is 6.55. The van der Waals surface area contributed by atoms with Gasteiger partial charge in [-0.15, -0.1) is 24.8 Å². The van der Waals surface area contributed by atoms with Crippen LogP contribution in [0.3, 0.4) is 0 Å². The number of likely N-dealkylation sites (N-methyl/N-ethyl adjacent to an activating group) is 2. The van der Waals surface area contributed by atoms with Crippen molar-refractivity contribution in [2.24, 2.45) is 5.41 Å². The fourth-order valence-corrected chi connectivity index (χ4v) is 4.75. The minimum absolute atomic E-state index is 0. The van der Waals surface area contributed by atoms with Gasteiger partial charge in [0, 0.05) is 31.6 Å². The van der Waals surface area contributed by atoms with Crippen LogP contribution >= 0.6 is 24.8 Å². The highest BCUT2D eigenvalue weighted by molar-refractivity contribution is 5.86. The van der Waals surface area contributed by atoms with E-state index in [1.54, 1.807) is 0 Å². The van der Waals surface area contributed by atoms with Crippen molar-refractivity contribution in [1.82, 2.24) is 9.80 Å². The highest BCUT2D eigenvalue weighted by Crippen LogP contribution is 2.21. The molecule has 0 amide bonds. The molecule has 0 saturated carbocycles. The van der Waals surface area contributed by atoms with E-state index in [1.165, 1.54) is 38.2 Å². The Morgan fingerprint density at radius 1 is 0.700 bits per heavy atom. The quantitative estimate of drug-likeness (QED) is 0.146. The molecular formula is C36H42Cl2N2. The fraction of sp³-hybridized carbons (Fsp3) is 0.278. The zero-order chi connectivity index (χ0) is 27.0. The van der Waals surface area contributed by atoms with Crippen molar-refractivity contribution < 1.29 is 0 Å². The predicted octanol–water partition coefficient (Wildman–Crippen LogP) is 8.93. The number of rotatable bonds is 9. The number of benzene rings is 4. The summed E-state index contributed by atoms with van der Waals surface area (Å²) < 4.78 is 0. The van der Waals surface area contributed by atoms with Gasteiger partial charge in [-0.25, -0.2) is 0 Å². The van der Waals surface area contributed by atoms with Gasteiger partial charge in [0.15, 0.2) is 0 Å². The zero-order valence-electron chi connectivity index (χ0n) is 24.4. The summed E-state index contributed by atoms with van der Waals surface area (Å²) >= 11 is 0. The molecule has 0 aromatic heterocycles. The summed E-state index contributed by atoms with van der Waals surface area (Å²) in [6, 6.07) is 30.4. The van der Waals surface area contributed by atoms with Crippen molar-refractivity contribution in [3.8, 4) is 11.8 Å². The first-order valence-corrected chi connectivity index (χ1v) is 13.5. The molecule has 0 atom stereocenters. The Hall–Kier alpha value is -3.06. The van der Waals surface area contributed by atoms with Crippen LogP contribution in [0.2, 0.25) is 0 Å². The van der Waals surface area contributed by atoms with Crippen LogP contribution in [-0.4, -0.2) is 37.0 Å². The Morgan fingerprint density at radius 3 is 1.75 bits per heavy atom. The second-order valence-electron chi connectivity index (χ2n) is 11.3. The number of halogens is 2. The average Bonchev–Trinajstić information content (AvgIpc) is 2.88. The number of hydrogen-bond donors (Lipinski definition) is 0. The summed E-state index contributed by atoms with van der Waals surface area (Å²) in [7, 11) is 4.37. The monoisotopic (exact) mass is 572 g/mol. The Labute approximate surface area is 253 Å². The molecule has 0 N–H and O–H groups in total. The van der Waals surface area contributed by atoms with Gasteiger partial charge in [-0.1, -0.05) is 109 Å². The molecule has 0 bridgehead atoms. The molecule has 0 fully saturated rings. The first-order valence-electron chi connectivity index (χ1n) is 13.5. The molecule has 4 aromatic rings. The molecule has 0 spiro atoms. The highest BCUT2D eigenvalue weighted by atomic mass is 35.5. The van der Waals surface area contributed by atoms with Gasteiger partial charge in [0.1, 0.15) is 0 Å². The average molecular weight is 574 g/mol. The molecule has 0 aliphatic carbocycles. The molecule has 0 aliphatic heterocycles. The summed E-state index contributed by atoms with van der Waals surface area (Å²) in [6.07, 6.45) is 6.60. The van der Waals surface area contributed by atoms with Gasteiger partial charge in [-0.3, -0.25) is 9.80 Å². The number of allylic oxidation sites excluding steroid dienone is 1. The number of hydrogen-bond acceptors (Lipinski definition) is 2. The molecule has 0 aliphatic rings. The Bertz CT molecular complexity index is 1490. The Morgan fingerprint density at radius 2 is 1.20 bits per heavy atom. The molecule has 4 heteroatoms. The van der Waals surface area contributed by atoms with Crippen molar-refractivity contribution in [3.05, 3.63) is 120 Å². The first-order chi connectivity index (χ1) is 18.3. The van der Waals surface area contributed by atoms with Crippen LogP contribution in [0.15, 0.2) is 109 Å². The molecule has 40 heavy (non-hydrogen) atoms. The third kappa shape index (κ3) is 9.84. The van der Waals surface area contributed by atoms with E-state index in [0.717, 1.165) is 26.2 Å². The lowest BCUT2D eigenvalue weighted by Crippen LogP contribution is -2.21. The molecule has 4 aromatic carbocycles. The summed E-state index contributed by atoms with van der Waals surface area (Å²) in [6.45, 7) is 9.97. The van der Waals surface area contributed by atoms with Crippen LogP contribution in [0, 0.1) is 17.3 Å². The van der Waals surface area contributed by atoms with Crippen LogP contribution in [0.4, 0.5) is 0 Å². The van der Waals surface area contributed by atoms with E-state index in [1.807, 2.05) is 0 Å². The van der Waals surface area contributed by atoms with E-state index in [9.17, 15) is 0 Å². The molecule has 2 nitrogen and oxygen atoms in total. The summed E-state index contributed by atoms with van der Waals surface area (Å²) in [4.78, 5) is 4.73. The topological polar surface area (TPSA) is 6.48 Å². The molecule has 4 rings (SSSR count). The smallest absolute Gasteiger partial charge is 0.0240 e. The number of nitrogens with zero attached hydrogens (tertiary/aromatic N) is 2. The Kier molecular flexibility index (Phi) is 13.0. The van der Waals surface area contributed by atoms with Gasteiger partial charge in [0.25, 0.3) is 0 Å². The van der Waals surface area contributed by atoms with E-state index in [4.69, 9.17) is 0 Å². The molecule has 0 heterocycles. The van der Waals surface area contributed by atoms with E-state index in [2.05, 4.69) is 160 Å². The predicted molar refractivity (Wildman–Crippen MR) is 180 cm³/mol. The molecular weight excluding hydrogens is 531 g/mol. The lowest BCUT2D eigenvalue weighted by Gasteiger charge is -2.19. The van der Waals surface area contributed by atoms with E-state index in [0.29, 0.717) is 0 Å². The van der Waals surface area contributed by atoms with Crippen molar-refractivity contribution >= 4 is 46.4 Å². The normalized spacial score (nSPS) is 11.9. The van der Waals surface area contributed by atoms with E-state index < -0.39 is 0 Å². The minimum Gasteiger partial charge on any atom is -0.298 e.